The van der Waals surface area contributed by atoms with Crippen molar-refractivity contribution < 1.29 is 22.8 Å². The molecule has 2 aliphatic heterocycles. The molecule has 1 N–H and O–H groups in total. The Morgan fingerprint density at radius 3 is 2.77 bits per heavy atom. The van der Waals surface area contributed by atoms with Crippen molar-refractivity contribution in [1.29, 1.82) is 0 Å². The molecule has 2 heterocycles. The maximum absolute atomic E-state index is 13.1. The van der Waals surface area contributed by atoms with E-state index in [1.165, 1.54) is 12.1 Å². The number of amides is 2. The first kappa shape index (κ1) is 22.2. The maximum Gasteiger partial charge on any atom is 0.416 e. The highest BCUT2D eigenvalue weighted by Gasteiger charge is 2.55. The van der Waals surface area contributed by atoms with Crippen LogP contribution in [0.1, 0.15) is 80.6 Å². The molecule has 0 radical (unpaired) electrons. The van der Waals surface area contributed by atoms with Gasteiger partial charge in [-0.25, -0.2) is 0 Å². The monoisotopic (exact) mass is 436 g/mol. The van der Waals surface area contributed by atoms with Crippen LogP contribution in [0, 0.1) is 11.8 Å². The summed E-state index contributed by atoms with van der Waals surface area (Å²) in [5.41, 5.74) is -0.856. The van der Waals surface area contributed by atoms with E-state index in [4.69, 9.17) is 0 Å². The van der Waals surface area contributed by atoms with Crippen LogP contribution < -0.4 is 5.32 Å². The van der Waals surface area contributed by atoms with Crippen LogP contribution in [0.25, 0.3) is 0 Å². The topological polar surface area (TPSA) is 49.4 Å². The smallest absolute Gasteiger partial charge is 0.349 e. The molecule has 1 aromatic carbocycles. The summed E-state index contributed by atoms with van der Waals surface area (Å²) in [6.45, 7) is 2.96. The number of carbonyl (C=O) groups excluding carboxylic acids is 2. The highest BCUT2D eigenvalue weighted by molar-refractivity contribution is 5.94. The normalized spacial score (nSPS) is 31.0. The molecule has 1 aromatic rings. The minimum Gasteiger partial charge on any atom is -0.349 e. The summed E-state index contributed by atoms with van der Waals surface area (Å²) in [7, 11) is 0. The van der Waals surface area contributed by atoms with E-state index < -0.39 is 17.6 Å². The number of benzene rings is 1. The van der Waals surface area contributed by atoms with Crippen LogP contribution in [0.15, 0.2) is 24.3 Å². The first-order chi connectivity index (χ1) is 14.8. The van der Waals surface area contributed by atoms with Crippen LogP contribution in [-0.4, -0.2) is 34.8 Å². The molecule has 7 heteroatoms. The average molecular weight is 437 g/mol. The molecule has 0 aromatic heterocycles. The number of alkyl halides is 3. The second-order valence-electron chi connectivity index (χ2n) is 9.40. The first-order valence-electron chi connectivity index (χ1n) is 11.5. The summed E-state index contributed by atoms with van der Waals surface area (Å²) in [4.78, 5) is 27.8. The van der Waals surface area contributed by atoms with Gasteiger partial charge in [0.15, 0.2) is 0 Å². The van der Waals surface area contributed by atoms with Crippen molar-refractivity contribution in [2.45, 2.75) is 82.5 Å². The molecule has 4 nitrogen and oxygen atoms in total. The SMILES string of the molecule is CCC[C@H]1[C@@H](NC(=O)c2cccc(C(F)(F)F)c2)CC[C@@]23CCCN2C(=O)CCC[C@@H]13. The summed E-state index contributed by atoms with van der Waals surface area (Å²) < 4.78 is 39.2. The Hall–Kier alpha value is -2.05. The number of rotatable bonds is 4. The van der Waals surface area contributed by atoms with Gasteiger partial charge in [-0.3, -0.25) is 9.59 Å². The molecule has 1 aliphatic carbocycles. The lowest BCUT2D eigenvalue weighted by molar-refractivity contribution is -0.139. The molecule has 2 amide bonds. The highest BCUT2D eigenvalue weighted by Crippen LogP contribution is 2.52. The summed E-state index contributed by atoms with van der Waals surface area (Å²) in [5, 5.41) is 3.08. The predicted octanol–water partition coefficient (Wildman–Crippen LogP) is 5.18. The Balaban J connectivity index is 1.57. The van der Waals surface area contributed by atoms with Crippen molar-refractivity contribution in [2.24, 2.45) is 11.8 Å². The first-order valence-corrected chi connectivity index (χ1v) is 11.5. The van der Waals surface area contributed by atoms with Crippen molar-refractivity contribution in [3.63, 3.8) is 0 Å². The predicted molar refractivity (Wildman–Crippen MR) is 111 cm³/mol. The van der Waals surface area contributed by atoms with Gasteiger partial charge in [0.05, 0.1) is 5.56 Å². The summed E-state index contributed by atoms with van der Waals surface area (Å²) in [6.07, 6.45) is 3.56. The zero-order valence-corrected chi connectivity index (χ0v) is 18.0. The third kappa shape index (κ3) is 4.08. The number of hydrogen-bond donors (Lipinski definition) is 1. The third-order valence-electron chi connectivity index (χ3n) is 7.74. The van der Waals surface area contributed by atoms with E-state index >= 15 is 0 Å². The van der Waals surface area contributed by atoms with E-state index in [0.717, 1.165) is 70.0 Å². The van der Waals surface area contributed by atoms with Crippen molar-refractivity contribution in [3.8, 4) is 0 Å². The standard InChI is InChI=1S/C24H31F3N2O2/c1-2-6-18-19-9-4-10-21(30)29-14-5-12-23(19,29)13-11-20(18)28-22(31)16-7-3-8-17(15-16)24(25,26)27/h3,7-8,15,18-20H,2,4-6,9-14H2,1H3,(H,28,31)/t18-,19+,20+,23-/m1/s1. The minimum atomic E-state index is -4.48. The van der Waals surface area contributed by atoms with Gasteiger partial charge in [0.25, 0.3) is 5.91 Å². The number of nitrogens with zero attached hydrogens (tertiary/aromatic N) is 1. The fourth-order valence-corrected chi connectivity index (χ4v) is 6.50. The number of carbonyl (C=O) groups is 2. The molecule has 0 unspecified atom stereocenters. The van der Waals surface area contributed by atoms with E-state index in [-0.39, 0.29) is 29.0 Å². The van der Waals surface area contributed by atoms with Gasteiger partial charge in [-0.2, -0.15) is 13.2 Å². The summed E-state index contributed by atoms with van der Waals surface area (Å²) in [5.74, 6) is 0.393. The van der Waals surface area contributed by atoms with Gasteiger partial charge in [0.1, 0.15) is 0 Å². The third-order valence-corrected chi connectivity index (χ3v) is 7.74. The quantitative estimate of drug-likeness (QED) is 0.708. The Kier molecular flexibility index (Phi) is 6.05. The molecular weight excluding hydrogens is 405 g/mol. The lowest BCUT2D eigenvalue weighted by Crippen LogP contribution is -2.60. The van der Waals surface area contributed by atoms with Crippen LogP contribution >= 0.6 is 0 Å². The van der Waals surface area contributed by atoms with Crippen LogP contribution in [0.2, 0.25) is 0 Å². The van der Waals surface area contributed by atoms with E-state index in [2.05, 4.69) is 17.1 Å². The maximum atomic E-state index is 13.1. The van der Waals surface area contributed by atoms with E-state index in [0.29, 0.717) is 12.3 Å². The fourth-order valence-electron chi connectivity index (χ4n) is 6.50. The van der Waals surface area contributed by atoms with Gasteiger partial charge in [-0.15, -0.1) is 0 Å². The molecule has 1 spiro atoms. The van der Waals surface area contributed by atoms with Gasteiger partial charge in [-0.1, -0.05) is 19.4 Å². The number of hydrogen-bond acceptors (Lipinski definition) is 2. The van der Waals surface area contributed by atoms with E-state index in [1.54, 1.807) is 0 Å². The van der Waals surface area contributed by atoms with Crippen molar-refractivity contribution >= 4 is 11.8 Å². The molecular formula is C24H31F3N2O2. The van der Waals surface area contributed by atoms with Gasteiger partial charge in [0.2, 0.25) is 5.91 Å². The van der Waals surface area contributed by atoms with Crippen LogP contribution in [0.3, 0.4) is 0 Å². The Morgan fingerprint density at radius 2 is 2.03 bits per heavy atom. The molecule has 3 fully saturated rings. The molecule has 3 aliphatic rings. The lowest BCUT2D eigenvalue weighted by Gasteiger charge is -2.53. The molecule has 0 bridgehead atoms. The van der Waals surface area contributed by atoms with Crippen LogP contribution in [0.4, 0.5) is 13.2 Å². The van der Waals surface area contributed by atoms with Gasteiger partial charge < -0.3 is 10.2 Å². The lowest BCUT2D eigenvalue weighted by atomic mass is 9.61. The van der Waals surface area contributed by atoms with E-state index in [1.807, 2.05) is 0 Å². The Labute approximate surface area is 181 Å². The summed E-state index contributed by atoms with van der Waals surface area (Å²) >= 11 is 0. The minimum absolute atomic E-state index is 0.0453. The zero-order chi connectivity index (χ0) is 22.2. The highest BCUT2D eigenvalue weighted by atomic mass is 19.4. The van der Waals surface area contributed by atoms with E-state index in [9.17, 15) is 22.8 Å². The molecule has 1 saturated carbocycles. The van der Waals surface area contributed by atoms with Crippen LogP contribution in [-0.2, 0) is 11.0 Å². The fraction of sp³-hybridized carbons (Fsp3) is 0.667. The van der Waals surface area contributed by atoms with Crippen molar-refractivity contribution in [3.05, 3.63) is 35.4 Å². The van der Waals surface area contributed by atoms with Crippen LogP contribution in [0.5, 0.6) is 0 Å². The summed E-state index contributed by atoms with van der Waals surface area (Å²) in [6, 6.07) is 4.56. The second-order valence-corrected chi connectivity index (χ2v) is 9.40. The average Bonchev–Trinajstić information content (AvgIpc) is 3.10. The Bertz CT molecular complexity index is 840. The van der Waals surface area contributed by atoms with Crippen molar-refractivity contribution in [1.82, 2.24) is 10.2 Å². The zero-order valence-electron chi connectivity index (χ0n) is 18.0. The largest absolute Gasteiger partial charge is 0.416 e. The molecule has 170 valence electrons. The van der Waals surface area contributed by atoms with Gasteiger partial charge >= 0.3 is 6.18 Å². The molecule has 2 saturated heterocycles. The Morgan fingerprint density at radius 1 is 1.23 bits per heavy atom. The molecule has 4 atom stereocenters. The second kappa shape index (κ2) is 8.47. The number of nitrogens with one attached hydrogen (secondary N) is 1. The van der Waals surface area contributed by atoms with Crippen molar-refractivity contribution in [2.75, 3.05) is 6.54 Å². The van der Waals surface area contributed by atoms with Gasteiger partial charge in [0, 0.05) is 30.1 Å². The number of halogens is 3. The molecule has 4 rings (SSSR count). The molecule has 31 heavy (non-hydrogen) atoms. The van der Waals surface area contributed by atoms with Gasteiger partial charge in [-0.05, 0) is 75.0 Å².